The van der Waals surface area contributed by atoms with Gasteiger partial charge in [-0.15, -0.1) is 0 Å². The van der Waals surface area contributed by atoms with Gasteiger partial charge in [0, 0.05) is 67.8 Å². The monoisotopic (exact) mass is 1170 g/mol. The number of nitrogens with zero attached hydrogens (tertiary/aromatic N) is 5. The van der Waals surface area contributed by atoms with Crippen molar-refractivity contribution < 1.29 is 92.5 Å². The van der Waals surface area contributed by atoms with Crippen LogP contribution in [0.5, 0.6) is 0 Å². The zero-order valence-electron chi connectivity index (χ0n) is 42.0. The van der Waals surface area contributed by atoms with Crippen LogP contribution >= 0.6 is 15.6 Å². The highest BCUT2D eigenvalue weighted by Crippen LogP contribution is 2.48. The molecule has 4 atom stereocenters. The molecule has 78 heavy (non-hydrogen) atoms. The molecule has 0 saturated carbocycles. The fourth-order valence-electron chi connectivity index (χ4n) is 9.03. The highest BCUT2D eigenvalue weighted by molar-refractivity contribution is 7.86. The number of ether oxygens (including phenoxy) is 1. The third-order valence-corrected chi connectivity index (χ3v) is 15.2. The van der Waals surface area contributed by atoms with Crippen LogP contribution in [0.2, 0.25) is 0 Å². The Hall–Kier alpha value is -6.02. The molecule has 2 aromatic heterocycles. The van der Waals surface area contributed by atoms with Gasteiger partial charge in [-0.2, -0.15) is 8.42 Å². The average Bonchev–Trinajstić information content (AvgIpc) is 3.57. The normalized spacial score (nSPS) is 17.5. The second kappa shape index (κ2) is 24.6. The molecule has 4 heterocycles. The Kier molecular flexibility index (Phi) is 18.8. The maximum absolute atomic E-state index is 14.3. The fraction of sp³-hybridized carbons (Fsp3) is 0.422. The van der Waals surface area contributed by atoms with E-state index in [1.165, 1.54) is 46.8 Å². The molecular weight excluding hydrogens is 1110 g/mol. The fourth-order valence-corrected chi connectivity index (χ4v) is 11.5. The lowest BCUT2D eigenvalue weighted by Gasteiger charge is -2.23. The van der Waals surface area contributed by atoms with Crippen molar-refractivity contribution in [2.45, 2.75) is 86.7 Å². The molecule has 0 spiro atoms. The summed E-state index contributed by atoms with van der Waals surface area (Å²) in [6, 6.07) is 12.0. The molecule has 12 N–H and O–H groups in total. The number of benzene rings is 3. The van der Waals surface area contributed by atoms with Gasteiger partial charge in [-0.05, 0) is 62.9 Å². The second-order valence-electron chi connectivity index (χ2n) is 17.8. The van der Waals surface area contributed by atoms with Crippen molar-refractivity contribution in [1.82, 2.24) is 29.7 Å². The number of phosphoric ester groups is 2. The summed E-state index contributed by atoms with van der Waals surface area (Å²) in [6.07, 6.45) is -2.84. The smallest absolute Gasteiger partial charge is 0.470 e. The number of hydrogen-bond donors (Lipinski definition) is 11. The Bertz CT molecular complexity index is 3570. The second-order valence-corrected chi connectivity index (χ2v) is 22.9. The van der Waals surface area contributed by atoms with Crippen LogP contribution in [-0.4, -0.2) is 152 Å². The van der Waals surface area contributed by atoms with E-state index in [1.54, 1.807) is 32.0 Å². The van der Waals surface area contributed by atoms with Crippen molar-refractivity contribution in [3.8, 4) is 22.5 Å². The number of aliphatic hydroxyl groups is 1. The molecule has 33 heteroatoms. The van der Waals surface area contributed by atoms with Crippen LogP contribution in [-0.2, 0) is 47.9 Å². The van der Waals surface area contributed by atoms with E-state index in [4.69, 9.17) is 19.4 Å². The summed E-state index contributed by atoms with van der Waals surface area (Å²) < 4.78 is 121. The number of unbranched alkanes of at least 4 members (excludes halogenated alkanes) is 3. The van der Waals surface area contributed by atoms with Crippen molar-refractivity contribution in [2.24, 2.45) is 0 Å². The number of fused-ring (bicyclic) bond motifs is 3. The van der Waals surface area contributed by atoms with Gasteiger partial charge in [0.2, 0.25) is 22.1 Å². The summed E-state index contributed by atoms with van der Waals surface area (Å²) in [6.45, 7) is 3.59. The minimum Gasteiger partial charge on any atom is -0.744 e. The molecule has 0 radical (unpaired) electrons. The summed E-state index contributed by atoms with van der Waals surface area (Å²) in [5, 5.41) is 20.0. The molecular formula is C45H58N10O19P2S2. The van der Waals surface area contributed by atoms with Gasteiger partial charge in [-0.1, -0.05) is 31.0 Å². The van der Waals surface area contributed by atoms with Crippen LogP contribution in [0.15, 0.2) is 69.1 Å². The lowest BCUT2D eigenvalue weighted by Crippen LogP contribution is -2.76. The number of nitrogen functional groups attached to an aromatic ring is 1. The quantitative estimate of drug-likeness (QED) is 0.0165. The molecule has 2 amide bonds. The van der Waals surface area contributed by atoms with E-state index in [-0.39, 0.29) is 100.0 Å². The van der Waals surface area contributed by atoms with E-state index in [9.17, 15) is 69.3 Å². The third kappa shape index (κ3) is 13.9. The van der Waals surface area contributed by atoms with Gasteiger partial charge in [0.05, 0.1) is 12.3 Å². The standard InChI is InChI=1S/C45H58N10O19P2S2/c1-4-47-29-18-16-27-33(28-17-19-30(48-5-2)40(78(68,69)70)37(28)73-36(27)39(29)77(65,66)67)25-13-8-9-14-26(25)43(58)54(3)22-12-15-32(56)49-20-10-6-7-11-21-50-45-53-34-41(46)51-24-52-42(34)55(45)44-35(57)38(74-76(62,63)64)31(72-44)23-71-75(59,60)61/h8-9,13-14,16-19,24,31,35,38,44,47,57H,4-7,10-12,15,20-23H2,1-3H3,(H,49,56)(H,50,53)(H2,46,51,52)(H2,59,60,61)(H2,62,63,64)(H,65,66,67)(H,68,69,70)/t31-,35-,38-,44-/m1/s1. The minimum absolute atomic E-state index is 0.0426. The lowest BCUT2D eigenvalue weighted by molar-refractivity contribution is -0.498. The van der Waals surface area contributed by atoms with Crippen molar-refractivity contribution in [1.29, 1.82) is 0 Å². The molecule has 424 valence electrons. The van der Waals surface area contributed by atoms with E-state index >= 15 is 0 Å². The molecule has 0 unspecified atom stereocenters. The van der Waals surface area contributed by atoms with Crippen LogP contribution < -0.4 is 32.0 Å². The molecule has 3 aliphatic rings. The molecule has 2 aromatic carbocycles. The number of imidazole rings is 1. The van der Waals surface area contributed by atoms with Crippen molar-refractivity contribution in [3.05, 3.63) is 65.8 Å². The number of amides is 2. The molecule has 4 aromatic rings. The maximum Gasteiger partial charge on any atom is 0.470 e. The van der Waals surface area contributed by atoms with Gasteiger partial charge >= 0.3 is 25.8 Å². The zero-order chi connectivity index (χ0) is 56.9. The van der Waals surface area contributed by atoms with Crippen LogP contribution in [0.3, 0.4) is 0 Å². The number of carbonyl (C=O) groups excluding carboxylic acids is 2. The van der Waals surface area contributed by atoms with E-state index in [2.05, 4.69) is 40.4 Å². The Morgan fingerprint density at radius 3 is 2.31 bits per heavy atom. The summed E-state index contributed by atoms with van der Waals surface area (Å²) in [7, 11) is -19.2. The van der Waals surface area contributed by atoms with Gasteiger partial charge in [-0.25, -0.2) is 37.5 Å². The summed E-state index contributed by atoms with van der Waals surface area (Å²) >= 11 is 0. The number of carbonyl (C=O) groups is 2. The summed E-state index contributed by atoms with van der Waals surface area (Å²) in [4.78, 5) is 79.9. The van der Waals surface area contributed by atoms with Crippen molar-refractivity contribution in [3.63, 3.8) is 0 Å². The molecule has 7 rings (SSSR count). The Morgan fingerprint density at radius 1 is 0.923 bits per heavy atom. The van der Waals surface area contributed by atoms with E-state index in [0.29, 0.717) is 38.8 Å². The zero-order valence-corrected chi connectivity index (χ0v) is 45.4. The molecule has 1 saturated heterocycles. The summed E-state index contributed by atoms with van der Waals surface area (Å²) in [5.41, 5.74) is 6.06. The van der Waals surface area contributed by atoms with Crippen LogP contribution in [0.1, 0.15) is 69.0 Å². The van der Waals surface area contributed by atoms with Gasteiger partial charge in [-0.3, -0.25) is 27.8 Å². The molecule has 1 aliphatic carbocycles. The SMILES string of the molecule is CCNc1ccc2c(-c3ccccc3C(=O)N(C)CCCC(=O)NCCCCCCNc3nc4c(N)ncnc4n3[C@@H]3O[C@H](COP(=O)(O)O)[C@@H](OP(=O)(O)O)[C@H]3O)c3ccc(=[NH+]CC)c(S(=O)(=O)O)c-3oc2c1S(=O)(=O)[O-]. The minimum atomic E-state index is -5.31. The van der Waals surface area contributed by atoms with Crippen LogP contribution in [0, 0.1) is 0 Å². The lowest BCUT2D eigenvalue weighted by atomic mass is 9.90. The first kappa shape index (κ1) is 59.6. The first-order chi connectivity index (χ1) is 36.7. The van der Waals surface area contributed by atoms with Gasteiger partial charge in [0.25, 0.3) is 5.91 Å². The van der Waals surface area contributed by atoms with E-state index in [0.717, 1.165) is 6.33 Å². The number of hydrogen-bond acceptors (Lipinski definition) is 20. The number of rotatable bonds is 25. The Labute approximate surface area is 445 Å². The molecule has 2 aliphatic heterocycles. The number of anilines is 3. The predicted molar refractivity (Wildman–Crippen MR) is 276 cm³/mol. The largest absolute Gasteiger partial charge is 0.744 e. The van der Waals surface area contributed by atoms with E-state index < -0.39 is 94.1 Å². The number of nitrogens with two attached hydrogens (primary N) is 1. The van der Waals surface area contributed by atoms with Crippen molar-refractivity contribution in [2.75, 3.05) is 62.7 Å². The highest BCUT2D eigenvalue weighted by atomic mass is 32.2. The maximum atomic E-state index is 14.3. The molecule has 0 bridgehead atoms. The van der Waals surface area contributed by atoms with Crippen LogP contribution in [0.25, 0.3) is 44.6 Å². The van der Waals surface area contributed by atoms with Crippen LogP contribution in [0.4, 0.5) is 17.5 Å². The highest BCUT2D eigenvalue weighted by Gasteiger charge is 2.50. The van der Waals surface area contributed by atoms with Gasteiger partial charge in [0.1, 0.15) is 46.2 Å². The first-order valence-corrected chi connectivity index (χ1v) is 30.1. The third-order valence-electron chi connectivity index (χ3n) is 12.3. The predicted octanol–water partition coefficient (Wildman–Crippen LogP) is 0.997. The topological polar surface area (TPSA) is 445 Å². The first-order valence-electron chi connectivity index (χ1n) is 24.2. The van der Waals surface area contributed by atoms with Gasteiger partial charge in [0.15, 0.2) is 34.6 Å². The number of phosphoric acid groups is 2. The summed E-state index contributed by atoms with van der Waals surface area (Å²) in [5.74, 6) is -1.25. The Morgan fingerprint density at radius 2 is 1.64 bits per heavy atom. The number of aromatic nitrogens is 4. The Balaban J connectivity index is 0.966. The average molecular weight is 1170 g/mol. The number of nitrogens with one attached hydrogen (secondary N) is 4. The number of aliphatic hydroxyl groups excluding tert-OH is 1. The van der Waals surface area contributed by atoms with Gasteiger partial charge < -0.3 is 65.0 Å². The van der Waals surface area contributed by atoms with E-state index in [1.807, 2.05) is 0 Å². The van der Waals surface area contributed by atoms with Crippen molar-refractivity contribution >= 4 is 87.3 Å². The molecule has 29 nitrogen and oxygen atoms in total. The molecule has 1 fully saturated rings.